The lowest BCUT2D eigenvalue weighted by molar-refractivity contribution is 0.100. The maximum Gasteiger partial charge on any atom is 0.252 e. The Kier molecular flexibility index (Phi) is 4.37. The lowest BCUT2D eigenvalue weighted by Gasteiger charge is -2.32. The number of nitrogens with zero attached hydrogens (tertiary/aromatic N) is 1. The first-order valence-electron chi connectivity index (χ1n) is 6.86. The van der Waals surface area contributed by atoms with E-state index in [0.29, 0.717) is 23.8 Å². The summed E-state index contributed by atoms with van der Waals surface area (Å²) in [5, 5.41) is 3.38. The number of rotatable bonds is 4. The lowest BCUT2D eigenvalue weighted by Crippen LogP contribution is -2.37. The van der Waals surface area contributed by atoms with Crippen molar-refractivity contribution in [3.05, 3.63) is 23.4 Å². The van der Waals surface area contributed by atoms with Crippen molar-refractivity contribution in [2.24, 2.45) is 17.4 Å². The van der Waals surface area contributed by atoms with Crippen molar-refractivity contribution < 1.29 is 4.79 Å². The minimum Gasteiger partial charge on any atom is -0.366 e. The number of hydrogen-bond donors (Lipinski definition) is 3. The molecule has 1 fully saturated rings. The average molecular weight is 262 g/mol. The van der Waals surface area contributed by atoms with Crippen LogP contribution in [0.4, 0.5) is 5.82 Å². The van der Waals surface area contributed by atoms with Crippen LogP contribution in [-0.2, 0) is 0 Å². The second kappa shape index (κ2) is 6.02. The van der Waals surface area contributed by atoms with Crippen LogP contribution in [-0.4, -0.2) is 23.5 Å². The van der Waals surface area contributed by atoms with Crippen molar-refractivity contribution in [3.63, 3.8) is 0 Å². The molecule has 1 saturated carbocycles. The quantitative estimate of drug-likeness (QED) is 0.765. The van der Waals surface area contributed by atoms with Crippen molar-refractivity contribution in [3.8, 4) is 0 Å². The number of anilines is 1. The van der Waals surface area contributed by atoms with E-state index in [2.05, 4.69) is 10.3 Å². The summed E-state index contributed by atoms with van der Waals surface area (Å²) in [6.07, 6.45) is 4.61. The Balaban J connectivity index is 2.21. The molecule has 1 heterocycles. The van der Waals surface area contributed by atoms with Crippen LogP contribution in [0.1, 0.15) is 41.7 Å². The Morgan fingerprint density at radius 1 is 1.42 bits per heavy atom. The molecule has 0 aromatic carbocycles. The number of nitrogens with one attached hydrogen (secondary N) is 1. The molecule has 104 valence electrons. The zero-order valence-electron chi connectivity index (χ0n) is 11.4. The van der Waals surface area contributed by atoms with Crippen molar-refractivity contribution >= 4 is 11.7 Å². The van der Waals surface area contributed by atoms with Crippen LogP contribution in [0.15, 0.2) is 12.1 Å². The Morgan fingerprint density at radius 3 is 2.84 bits per heavy atom. The van der Waals surface area contributed by atoms with Gasteiger partial charge in [-0.25, -0.2) is 4.98 Å². The smallest absolute Gasteiger partial charge is 0.252 e. The van der Waals surface area contributed by atoms with Gasteiger partial charge in [0.25, 0.3) is 5.91 Å². The van der Waals surface area contributed by atoms with Gasteiger partial charge in [0, 0.05) is 11.7 Å². The second-order valence-corrected chi connectivity index (χ2v) is 5.24. The van der Waals surface area contributed by atoms with Crippen LogP contribution >= 0.6 is 0 Å². The van der Waals surface area contributed by atoms with Gasteiger partial charge in [0.15, 0.2) is 0 Å². The third kappa shape index (κ3) is 3.23. The van der Waals surface area contributed by atoms with Crippen LogP contribution in [0.25, 0.3) is 0 Å². The van der Waals surface area contributed by atoms with E-state index in [1.54, 1.807) is 12.1 Å². The van der Waals surface area contributed by atoms with E-state index in [4.69, 9.17) is 11.5 Å². The van der Waals surface area contributed by atoms with Gasteiger partial charge in [0.1, 0.15) is 5.82 Å². The highest BCUT2D eigenvalue weighted by Gasteiger charge is 2.25. The highest BCUT2D eigenvalue weighted by molar-refractivity contribution is 5.97. The molecule has 5 heteroatoms. The number of aryl methyl sites for hydroxylation is 1. The van der Waals surface area contributed by atoms with Crippen molar-refractivity contribution in [1.82, 2.24) is 4.98 Å². The number of aromatic nitrogens is 1. The standard InChI is InChI=1S/C14H22N4O/c1-9-6-7-11(13(16)19)14(17-9)18-12-5-3-2-4-10(12)8-15/h6-7,10,12H,2-5,8,15H2,1H3,(H2,16,19)(H,17,18). The summed E-state index contributed by atoms with van der Waals surface area (Å²) in [4.78, 5) is 15.8. The van der Waals surface area contributed by atoms with Crippen LogP contribution in [0.3, 0.4) is 0 Å². The summed E-state index contributed by atoms with van der Waals surface area (Å²) in [5.74, 6) is 0.588. The minimum atomic E-state index is -0.449. The molecule has 2 rings (SSSR count). The maximum atomic E-state index is 11.4. The molecule has 1 amide bonds. The molecular weight excluding hydrogens is 240 g/mol. The van der Waals surface area contributed by atoms with Gasteiger partial charge < -0.3 is 16.8 Å². The number of amides is 1. The van der Waals surface area contributed by atoms with E-state index >= 15 is 0 Å². The van der Waals surface area contributed by atoms with Gasteiger partial charge in [0.05, 0.1) is 5.56 Å². The fourth-order valence-corrected chi connectivity index (χ4v) is 2.72. The number of pyridine rings is 1. The number of nitrogens with two attached hydrogens (primary N) is 2. The first-order valence-corrected chi connectivity index (χ1v) is 6.86. The van der Waals surface area contributed by atoms with E-state index in [0.717, 1.165) is 18.5 Å². The highest BCUT2D eigenvalue weighted by atomic mass is 16.1. The van der Waals surface area contributed by atoms with Crippen molar-refractivity contribution in [2.45, 2.75) is 38.6 Å². The number of hydrogen-bond acceptors (Lipinski definition) is 4. The summed E-state index contributed by atoms with van der Waals surface area (Å²) in [5.41, 5.74) is 12.5. The summed E-state index contributed by atoms with van der Waals surface area (Å²) in [6, 6.07) is 3.81. The molecule has 5 nitrogen and oxygen atoms in total. The molecular formula is C14H22N4O. The Bertz CT molecular complexity index is 461. The SMILES string of the molecule is Cc1ccc(C(N)=O)c(NC2CCCCC2CN)n1. The molecule has 0 aliphatic heterocycles. The van der Waals surface area contributed by atoms with E-state index in [1.165, 1.54) is 12.8 Å². The molecule has 1 aromatic rings. The molecule has 5 N–H and O–H groups in total. The Labute approximate surface area is 113 Å². The third-order valence-corrected chi connectivity index (χ3v) is 3.83. The van der Waals surface area contributed by atoms with Gasteiger partial charge in [-0.1, -0.05) is 12.8 Å². The molecule has 0 spiro atoms. The molecule has 2 atom stereocenters. The first-order chi connectivity index (χ1) is 9.11. The van der Waals surface area contributed by atoms with E-state index in [-0.39, 0.29) is 6.04 Å². The Hall–Kier alpha value is -1.62. The zero-order valence-corrected chi connectivity index (χ0v) is 11.4. The fraction of sp³-hybridized carbons (Fsp3) is 0.571. The molecule has 2 unspecified atom stereocenters. The summed E-state index contributed by atoms with van der Waals surface area (Å²) >= 11 is 0. The van der Waals surface area contributed by atoms with E-state index < -0.39 is 5.91 Å². The molecule has 19 heavy (non-hydrogen) atoms. The monoisotopic (exact) mass is 262 g/mol. The van der Waals surface area contributed by atoms with Gasteiger partial charge in [-0.15, -0.1) is 0 Å². The van der Waals surface area contributed by atoms with E-state index in [9.17, 15) is 4.79 Å². The number of primary amides is 1. The zero-order chi connectivity index (χ0) is 13.8. The molecule has 1 aliphatic rings. The number of carbonyl (C=O) groups is 1. The largest absolute Gasteiger partial charge is 0.366 e. The highest BCUT2D eigenvalue weighted by Crippen LogP contribution is 2.27. The van der Waals surface area contributed by atoms with Gasteiger partial charge >= 0.3 is 0 Å². The topological polar surface area (TPSA) is 94.0 Å². The predicted molar refractivity (Wildman–Crippen MR) is 75.9 cm³/mol. The minimum absolute atomic E-state index is 0.283. The van der Waals surface area contributed by atoms with Crippen LogP contribution in [0, 0.1) is 12.8 Å². The van der Waals surface area contributed by atoms with Crippen molar-refractivity contribution in [2.75, 3.05) is 11.9 Å². The molecule has 0 bridgehead atoms. The van der Waals surface area contributed by atoms with Crippen LogP contribution in [0.2, 0.25) is 0 Å². The second-order valence-electron chi connectivity index (χ2n) is 5.24. The van der Waals surface area contributed by atoms with E-state index in [1.807, 2.05) is 6.92 Å². The Morgan fingerprint density at radius 2 is 2.16 bits per heavy atom. The first kappa shape index (κ1) is 13.8. The summed E-state index contributed by atoms with van der Waals surface area (Å²) in [6.45, 7) is 2.56. The average Bonchev–Trinajstić information content (AvgIpc) is 2.39. The molecule has 1 aromatic heterocycles. The summed E-state index contributed by atoms with van der Waals surface area (Å²) < 4.78 is 0. The van der Waals surface area contributed by atoms with Gasteiger partial charge in [-0.3, -0.25) is 4.79 Å². The summed E-state index contributed by atoms with van der Waals surface area (Å²) in [7, 11) is 0. The third-order valence-electron chi connectivity index (χ3n) is 3.83. The van der Waals surface area contributed by atoms with Gasteiger partial charge in [0.2, 0.25) is 0 Å². The molecule has 0 radical (unpaired) electrons. The number of carbonyl (C=O) groups excluding carboxylic acids is 1. The van der Waals surface area contributed by atoms with Gasteiger partial charge in [-0.2, -0.15) is 0 Å². The fourth-order valence-electron chi connectivity index (χ4n) is 2.72. The maximum absolute atomic E-state index is 11.4. The predicted octanol–water partition coefficient (Wildman–Crippen LogP) is 1.42. The van der Waals surface area contributed by atoms with Gasteiger partial charge in [-0.05, 0) is 44.4 Å². The molecule has 1 aliphatic carbocycles. The normalized spacial score (nSPS) is 23.1. The molecule has 0 saturated heterocycles. The van der Waals surface area contributed by atoms with Crippen LogP contribution in [0.5, 0.6) is 0 Å². The van der Waals surface area contributed by atoms with Crippen molar-refractivity contribution in [1.29, 1.82) is 0 Å². The lowest BCUT2D eigenvalue weighted by atomic mass is 9.84. The van der Waals surface area contributed by atoms with Crippen LogP contribution < -0.4 is 16.8 Å².